The molecule has 2 bridgehead atoms. The Hall–Kier alpha value is -0.540. The molecule has 0 radical (unpaired) electrons. The predicted molar refractivity (Wildman–Crippen MR) is 79.2 cm³/mol. The summed E-state index contributed by atoms with van der Waals surface area (Å²) >= 11 is 3.44. The maximum atomic E-state index is 9.83. The Morgan fingerprint density at radius 3 is 2.84 bits per heavy atom. The van der Waals surface area contributed by atoms with Crippen LogP contribution in [0.1, 0.15) is 44.3 Å². The van der Waals surface area contributed by atoms with Gasteiger partial charge in [0.15, 0.2) is 0 Å². The first-order valence-corrected chi connectivity index (χ1v) is 8.03. The molecule has 3 heteroatoms. The molecule has 1 aromatic carbocycles. The summed E-state index contributed by atoms with van der Waals surface area (Å²) in [5.41, 5.74) is 0.873. The highest BCUT2D eigenvalue weighted by Crippen LogP contribution is 2.48. The average molecular weight is 325 g/mol. The van der Waals surface area contributed by atoms with E-state index in [-0.39, 0.29) is 0 Å². The molecule has 2 aliphatic carbocycles. The monoisotopic (exact) mass is 324 g/mol. The van der Waals surface area contributed by atoms with E-state index in [0.29, 0.717) is 0 Å². The van der Waals surface area contributed by atoms with Gasteiger partial charge in [0.05, 0.1) is 12.7 Å². The number of ether oxygens (including phenoxy) is 1. The van der Waals surface area contributed by atoms with Crippen LogP contribution in [0.4, 0.5) is 0 Å². The number of halogens is 1. The summed E-state index contributed by atoms with van der Waals surface area (Å²) in [7, 11) is 0. The number of aliphatic hydroxyl groups excluding tert-OH is 1. The summed E-state index contributed by atoms with van der Waals surface area (Å²) in [5, 5.41) is 9.83. The number of hydrogen-bond donors (Lipinski definition) is 1. The number of benzene rings is 1. The molecule has 0 aliphatic heterocycles. The minimum atomic E-state index is -0.493. The molecule has 2 nitrogen and oxygen atoms in total. The van der Waals surface area contributed by atoms with Crippen molar-refractivity contribution in [1.82, 2.24) is 0 Å². The third-order valence-corrected chi connectivity index (χ3v) is 5.25. The van der Waals surface area contributed by atoms with Crippen molar-refractivity contribution in [2.24, 2.45) is 17.8 Å². The quantitative estimate of drug-likeness (QED) is 0.893. The molecule has 4 atom stereocenters. The minimum Gasteiger partial charge on any atom is -0.493 e. The first-order chi connectivity index (χ1) is 9.13. The second-order valence-electron chi connectivity index (χ2n) is 6.10. The van der Waals surface area contributed by atoms with Gasteiger partial charge in [0.1, 0.15) is 5.75 Å². The zero-order valence-electron chi connectivity index (χ0n) is 11.3. The molecule has 0 aromatic heterocycles. The van der Waals surface area contributed by atoms with E-state index in [9.17, 15) is 5.11 Å². The fourth-order valence-electron chi connectivity index (χ4n) is 3.75. The van der Waals surface area contributed by atoms with Crippen LogP contribution in [0.3, 0.4) is 0 Å². The van der Waals surface area contributed by atoms with Crippen LogP contribution in [0.5, 0.6) is 5.75 Å². The van der Waals surface area contributed by atoms with Gasteiger partial charge in [-0.25, -0.2) is 0 Å². The maximum Gasteiger partial charge on any atom is 0.125 e. The minimum absolute atomic E-state index is 0.493. The van der Waals surface area contributed by atoms with Crippen LogP contribution in [0.25, 0.3) is 0 Å². The standard InChI is InChI=1S/C16H21BrO2/c1-10(18)15-8-14(17)4-5-16(15)19-9-13-7-11-2-3-12(13)6-11/h4-5,8,10-13,18H,2-3,6-7,9H2,1H3/t10-,11?,12?,13?/m0/s1. The first-order valence-electron chi connectivity index (χ1n) is 7.24. The first kappa shape index (κ1) is 13.4. The molecule has 3 unspecified atom stereocenters. The van der Waals surface area contributed by atoms with Crippen molar-refractivity contribution in [3.63, 3.8) is 0 Å². The van der Waals surface area contributed by atoms with Crippen LogP contribution in [0, 0.1) is 17.8 Å². The van der Waals surface area contributed by atoms with Gasteiger partial charge < -0.3 is 9.84 Å². The Morgan fingerprint density at radius 1 is 1.37 bits per heavy atom. The second-order valence-corrected chi connectivity index (χ2v) is 7.02. The van der Waals surface area contributed by atoms with Crippen molar-refractivity contribution in [2.75, 3.05) is 6.61 Å². The Labute approximate surface area is 123 Å². The SMILES string of the molecule is C[C@H](O)c1cc(Br)ccc1OCC1CC2CCC1C2. The lowest BCUT2D eigenvalue weighted by atomic mass is 9.89. The van der Waals surface area contributed by atoms with E-state index in [4.69, 9.17) is 4.74 Å². The molecule has 19 heavy (non-hydrogen) atoms. The van der Waals surface area contributed by atoms with Crippen molar-refractivity contribution >= 4 is 15.9 Å². The molecule has 104 valence electrons. The lowest BCUT2D eigenvalue weighted by Crippen LogP contribution is -2.19. The summed E-state index contributed by atoms with van der Waals surface area (Å²) in [6, 6.07) is 5.88. The van der Waals surface area contributed by atoms with Crippen molar-refractivity contribution in [2.45, 2.75) is 38.7 Å². The molecule has 1 aromatic rings. The van der Waals surface area contributed by atoms with Crippen molar-refractivity contribution in [3.8, 4) is 5.75 Å². The van der Waals surface area contributed by atoms with Crippen LogP contribution >= 0.6 is 15.9 Å². The fraction of sp³-hybridized carbons (Fsp3) is 0.625. The molecule has 0 amide bonds. The Morgan fingerprint density at radius 2 is 2.21 bits per heavy atom. The molecule has 3 rings (SSSR count). The maximum absolute atomic E-state index is 9.83. The summed E-state index contributed by atoms with van der Waals surface area (Å²) in [5.74, 6) is 3.40. The topological polar surface area (TPSA) is 29.5 Å². The number of aliphatic hydroxyl groups is 1. The normalized spacial score (nSPS) is 30.6. The van der Waals surface area contributed by atoms with Gasteiger partial charge in [-0.05, 0) is 62.1 Å². The lowest BCUT2D eigenvalue weighted by Gasteiger charge is -2.23. The van der Waals surface area contributed by atoms with E-state index >= 15 is 0 Å². The molecule has 0 heterocycles. The van der Waals surface area contributed by atoms with Gasteiger partial charge in [-0.15, -0.1) is 0 Å². The zero-order valence-corrected chi connectivity index (χ0v) is 12.9. The Balaban J connectivity index is 1.66. The van der Waals surface area contributed by atoms with Gasteiger partial charge in [-0.2, -0.15) is 0 Å². The second kappa shape index (κ2) is 5.45. The smallest absolute Gasteiger partial charge is 0.125 e. The molecular formula is C16H21BrO2. The summed E-state index contributed by atoms with van der Waals surface area (Å²) in [6.45, 7) is 2.59. The predicted octanol–water partition coefficient (Wildman–Crippen LogP) is 4.32. The highest BCUT2D eigenvalue weighted by molar-refractivity contribution is 9.10. The summed E-state index contributed by atoms with van der Waals surface area (Å²) < 4.78 is 6.99. The van der Waals surface area contributed by atoms with Gasteiger partial charge in [-0.1, -0.05) is 22.4 Å². The van der Waals surface area contributed by atoms with E-state index in [2.05, 4.69) is 15.9 Å². The molecule has 2 saturated carbocycles. The number of hydrogen-bond acceptors (Lipinski definition) is 2. The van der Waals surface area contributed by atoms with Gasteiger partial charge in [-0.3, -0.25) is 0 Å². The van der Waals surface area contributed by atoms with E-state index < -0.39 is 6.10 Å². The van der Waals surface area contributed by atoms with E-state index in [0.717, 1.165) is 40.1 Å². The molecule has 1 N–H and O–H groups in total. The third-order valence-electron chi connectivity index (χ3n) is 4.76. The summed E-state index contributed by atoms with van der Waals surface area (Å²) in [4.78, 5) is 0. The number of fused-ring (bicyclic) bond motifs is 2. The van der Waals surface area contributed by atoms with Crippen LogP contribution in [0.15, 0.2) is 22.7 Å². The van der Waals surface area contributed by atoms with Crippen LogP contribution in [0.2, 0.25) is 0 Å². The molecule has 0 spiro atoms. The van der Waals surface area contributed by atoms with Gasteiger partial charge in [0.2, 0.25) is 0 Å². The van der Waals surface area contributed by atoms with E-state index in [1.165, 1.54) is 25.7 Å². The number of rotatable bonds is 4. The van der Waals surface area contributed by atoms with Gasteiger partial charge >= 0.3 is 0 Å². The Bertz CT molecular complexity index is 458. The van der Waals surface area contributed by atoms with Gasteiger partial charge in [0.25, 0.3) is 0 Å². The highest BCUT2D eigenvalue weighted by Gasteiger charge is 2.39. The van der Waals surface area contributed by atoms with Gasteiger partial charge in [0, 0.05) is 10.0 Å². The molecular weight excluding hydrogens is 304 g/mol. The molecule has 0 saturated heterocycles. The zero-order chi connectivity index (χ0) is 13.4. The average Bonchev–Trinajstić information content (AvgIpc) is 2.99. The van der Waals surface area contributed by atoms with Crippen LogP contribution < -0.4 is 4.74 Å². The highest BCUT2D eigenvalue weighted by atomic mass is 79.9. The summed E-state index contributed by atoms with van der Waals surface area (Å²) in [6.07, 6.45) is 5.08. The van der Waals surface area contributed by atoms with Crippen molar-refractivity contribution in [1.29, 1.82) is 0 Å². The van der Waals surface area contributed by atoms with Crippen molar-refractivity contribution in [3.05, 3.63) is 28.2 Å². The van der Waals surface area contributed by atoms with Crippen LogP contribution in [-0.2, 0) is 0 Å². The third kappa shape index (κ3) is 2.82. The fourth-order valence-corrected chi connectivity index (χ4v) is 4.13. The largest absolute Gasteiger partial charge is 0.493 e. The van der Waals surface area contributed by atoms with Crippen molar-refractivity contribution < 1.29 is 9.84 Å². The molecule has 2 fully saturated rings. The van der Waals surface area contributed by atoms with E-state index in [1.54, 1.807) is 6.92 Å². The molecule has 2 aliphatic rings. The van der Waals surface area contributed by atoms with E-state index in [1.807, 2.05) is 18.2 Å². The lowest BCUT2D eigenvalue weighted by molar-refractivity contribution is 0.172. The van der Waals surface area contributed by atoms with Crippen LogP contribution in [-0.4, -0.2) is 11.7 Å². The Kier molecular flexibility index (Phi) is 3.86.